The standard InChI is InChI=1S/C18H23N3O4S/c1-11(2)24-15-9-12(17(22)21-18(26)19-3)10-16(20-15)25-14-7-5-13(23-4)6-8-14/h5-11,18-19,26H,1-4H3,(H,21,22). The smallest absolute Gasteiger partial charge is 0.253 e. The molecule has 2 aromatic rings. The van der Waals surface area contributed by atoms with Crippen molar-refractivity contribution in [3.63, 3.8) is 0 Å². The molecule has 1 amide bonds. The van der Waals surface area contributed by atoms with E-state index in [9.17, 15) is 4.79 Å². The molecule has 0 aliphatic heterocycles. The lowest BCUT2D eigenvalue weighted by atomic mass is 10.2. The zero-order chi connectivity index (χ0) is 19.1. The minimum Gasteiger partial charge on any atom is -0.497 e. The Balaban J connectivity index is 2.27. The van der Waals surface area contributed by atoms with E-state index >= 15 is 0 Å². The first kappa shape index (κ1) is 19.9. The summed E-state index contributed by atoms with van der Waals surface area (Å²) in [7, 11) is 3.28. The Kier molecular flexibility index (Phi) is 7.11. The maximum atomic E-state index is 12.4. The lowest BCUT2D eigenvalue weighted by Crippen LogP contribution is -2.39. The minimum atomic E-state index is -0.476. The van der Waals surface area contributed by atoms with Crippen molar-refractivity contribution in [1.29, 1.82) is 0 Å². The molecule has 1 aromatic carbocycles. The molecule has 7 nitrogen and oxygen atoms in total. The fraction of sp³-hybridized carbons (Fsp3) is 0.333. The summed E-state index contributed by atoms with van der Waals surface area (Å²) >= 11 is 4.19. The largest absolute Gasteiger partial charge is 0.497 e. The number of methoxy groups -OCH3 is 1. The van der Waals surface area contributed by atoms with Gasteiger partial charge in [0.2, 0.25) is 11.8 Å². The fourth-order valence-electron chi connectivity index (χ4n) is 2.01. The minimum absolute atomic E-state index is 0.0930. The number of hydrogen-bond acceptors (Lipinski definition) is 7. The molecule has 2 N–H and O–H groups in total. The molecule has 1 heterocycles. The number of benzene rings is 1. The fourth-order valence-corrected chi connectivity index (χ4v) is 2.13. The van der Waals surface area contributed by atoms with Crippen molar-refractivity contribution in [3.8, 4) is 23.3 Å². The van der Waals surface area contributed by atoms with E-state index in [1.54, 1.807) is 50.6 Å². The van der Waals surface area contributed by atoms with Crippen LogP contribution in [-0.2, 0) is 0 Å². The van der Waals surface area contributed by atoms with E-state index in [2.05, 4.69) is 28.2 Å². The Morgan fingerprint density at radius 2 is 1.73 bits per heavy atom. The lowest BCUT2D eigenvalue weighted by molar-refractivity contribution is 0.0945. The summed E-state index contributed by atoms with van der Waals surface area (Å²) < 4.78 is 16.5. The number of nitrogens with zero attached hydrogens (tertiary/aromatic N) is 1. The predicted molar refractivity (Wildman–Crippen MR) is 102 cm³/mol. The summed E-state index contributed by atoms with van der Waals surface area (Å²) in [6.07, 6.45) is -0.0930. The van der Waals surface area contributed by atoms with Crippen LogP contribution in [0.15, 0.2) is 36.4 Å². The monoisotopic (exact) mass is 377 g/mol. The van der Waals surface area contributed by atoms with Crippen LogP contribution in [0.3, 0.4) is 0 Å². The van der Waals surface area contributed by atoms with Crippen LogP contribution < -0.4 is 24.8 Å². The maximum absolute atomic E-state index is 12.4. The molecule has 1 unspecified atom stereocenters. The van der Waals surface area contributed by atoms with Crippen LogP contribution in [0.1, 0.15) is 24.2 Å². The highest BCUT2D eigenvalue weighted by molar-refractivity contribution is 7.80. The van der Waals surface area contributed by atoms with Crippen LogP contribution in [0, 0.1) is 0 Å². The van der Waals surface area contributed by atoms with Gasteiger partial charge in [-0.15, -0.1) is 12.6 Å². The summed E-state index contributed by atoms with van der Waals surface area (Å²) in [4.78, 5) is 16.7. The summed E-state index contributed by atoms with van der Waals surface area (Å²) in [5, 5.41) is 5.51. The highest BCUT2D eigenvalue weighted by Crippen LogP contribution is 2.26. The quantitative estimate of drug-likeness (QED) is 0.485. The van der Waals surface area contributed by atoms with E-state index in [4.69, 9.17) is 14.2 Å². The molecular weight excluding hydrogens is 354 g/mol. The molecule has 0 bridgehead atoms. The van der Waals surface area contributed by atoms with Crippen molar-refractivity contribution in [3.05, 3.63) is 42.0 Å². The van der Waals surface area contributed by atoms with Crippen molar-refractivity contribution in [2.75, 3.05) is 14.2 Å². The Morgan fingerprint density at radius 1 is 1.12 bits per heavy atom. The molecule has 0 fully saturated rings. The summed E-state index contributed by atoms with van der Waals surface area (Å²) in [6, 6.07) is 10.2. The van der Waals surface area contributed by atoms with E-state index in [0.717, 1.165) is 0 Å². The topological polar surface area (TPSA) is 81.7 Å². The highest BCUT2D eigenvalue weighted by Gasteiger charge is 2.14. The second kappa shape index (κ2) is 9.30. The van der Waals surface area contributed by atoms with Crippen LogP contribution >= 0.6 is 12.6 Å². The lowest BCUT2D eigenvalue weighted by Gasteiger charge is -2.15. The van der Waals surface area contributed by atoms with Gasteiger partial charge in [-0.25, -0.2) is 0 Å². The molecule has 140 valence electrons. The van der Waals surface area contributed by atoms with E-state index < -0.39 is 5.50 Å². The Labute approximate surface area is 158 Å². The second-order valence-corrected chi connectivity index (χ2v) is 6.16. The number of carbonyl (C=O) groups is 1. The molecule has 0 saturated heterocycles. The zero-order valence-corrected chi connectivity index (χ0v) is 16.0. The van der Waals surface area contributed by atoms with Gasteiger partial charge in [0, 0.05) is 12.1 Å². The highest BCUT2D eigenvalue weighted by atomic mass is 32.1. The van der Waals surface area contributed by atoms with Gasteiger partial charge in [-0.1, -0.05) is 0 Å². The molecular formula is C18H23N3O4S. The first-order valence-corrected chi connectivity index (χ1v) is 8.59. The molecule has 0 radical (unpaired) electrons. The third kappa shape index (κ3) is 5.82. The number of pyridine rings is 1. The van der Waals surface area contributed by atoms with Gasteiger partial charge in [-0.2, -0.15) is 4.98 Å². The van der Waals surface area contributed by atoms with Gasteiger partial charge in [0.05, 0.1) is 18.8 Å². The normalized spacial score (nSPS) is 11.8. The zero-order valence-electron chi connectivity index (χ0n) is 15.1. The Hall–Kier alpha value is -2.45. The van der Waals surface area contributed by atoms with Gasteiger partial charge in [0.15, 0.2) is 0 Å². The third-order valence-corrected chi connectivity index (χ3v) is 3.61. The van der Waals surface area contributed by atoms with Crippen molar-refractivity contribution in [2.24, 2.45) is 0 Å². The number of nitrogens with one attached hydrogen (secondary N) is 2. The number of aromatic nitrogens is 1. The van der Waals surface area contributed by atoms with Crippen LogP contribution in [-0.4, -0.2) is 36.7 Å². The first-order valence-electron chi connectivity index (χ1n) is 8.08. The second-order valence-electron chi connectivity index (χ2n) is 5.64. The number of thiol groups is 1. The van der Waals surface area contributed by atoms with Gasteiger partial charge in [0.1, 0.15) is 17.0 Å². The summed E-state index contributed by atoms with van der Waals surface area (Å²) in [5.41, 5.74) is -0.121. The van der Waals surface area contributed by atoms with Crippen LogP contribution in [0.5, 0.6) is 23.3 Å². The van der Waals surface area contributed by atoms with Crippen molar-refractivity contribution in [1.82, 2.24) is 15.6 Å². The molecule has 0 spiro atoms. The van der Waals surface area contributed by atoms with E-state index in [0.29, 0.717) is 22.9 Å². The van der Waals surface area contributed by atoms with Crippen molar-refractivity contribution in [2.45, 2.75) is 25.4 Å². The molecule has 2 rings (SSSR count). The Morgan fingerprint density at radius 3 is 2.31 bits per heavy atom. The number of hydrogen-bond donors (Lipinski definition) is 3. The summed E-state index contributed by atoms with van der Waals surface area (Å²) in [5.74, 6) is 1.51. The first-order chi connectivity index (χ1) is 12.4. The van der Waals surface area contributed by atoms with Crippen LogP contribution in [0.4, 0.5) is 0 Å². The molecule has 1 atom stereocenters. The molecule has 1 aromatic heterocycles. The number of ether oxygens (including phenoxy) is 3. The molecule has 8 heteroatoms. The maximum Gasteiger partial charge on any atom is 0.253 e. The molecule has 0 saturated carbocycles. The number of amides is 1. The third-order valence-electron chi connectivity index (χ3n) is 3.22. The molecule has 0 aliphatic carbocycles. The average Bonchev–Trinajstić information content (AvgIpc) is 2.61. The van der Waals surface area contributed by atoms with Crippen LogP contribution in [0.2, 0.25) is 0 Å². The van der Waals surface area contributed by atoms with Crippen LogP contribution in [0.25, 0.3) is 0 Å². The van der Waals surface area contributed by atoms with Gasteiger partial charge >= 0.3 is 0 Å². The van der Waals surface area contributed by atoms with E-state index in [1.165, 1.54) is 0 Å². The van der Waals surface area contributed by atoms with Gasteiger partial charge in [0.25, 0.3) is 5.91 Å². The summed E-state index contributed by atoms with van der Waals surface area (Å²) in [6.45, 7) is 3.76. The van der Waals surface area contributed by atoms with Crippen molar-refractivity contribution >= 4 is 18.5 Å². The predicted octanol–water partition coefficient (Wildman–Crippen LogP) is 2.83. The number of rotatable bonds is 8. The van der Waals surface area contributed by atoms with E-state index in [-0.39, 0.29) is 17.9 Å². The van der Waals surface area contributed by atoms with Crippen molar-refractivity contribution < 1.29 is 19.0 Å². The Bertz CT molecular complexity index is 738. The van der Waals surface area contributed by atoms with Gasteiger partial charge in [-0.05, 0) is 45.2 Å². The van der Waals surface area contributed by atoms with E-state index in [1.807, 2.05) is 13.8 Å². The van der Waals surface area contributed by atoms with Gasteiger partial charge < -0.3 is 19.5 Å². The molecule has 0 aliphatic rings. The average molecular weight is 377 g/mol. The SMILES string of the molecule is CNC(S)NC(=O)c1cc(Oc2ccc(OC)cc2)nc(OC(C)C)c1. The van der Waals surface area contributed by atoms with Gasteiger partial charge in [-0.3, -0.25) is 10.1 Å². The number of carbonyl (C=O) groups excluding carboxylic acids is 1. The molecule has 26 heavy (non-hydrogen) atoms.